The summed E-state index contributed by atoms with van der Waals surface area (Å²) in [6.07, 6.45) is 23.5. The largest absolute Gasteiger partial charge is 0.465 e. The van der Waals surface area contributed by atoms with Crippen LogP contribution in [0.4, 0.5) is 0 Å². The van der Waals surface area contributed by atoms with Crippen LogP contribution in [0, 0.1) is 10.1 Å². The number of esters is 1. The fraction of sp³-hybridized carbons (Fsp3) is 0.708. The van der Waals surface area contributed by atoms with E-state index in [-0.39, 0.29) is 18.4 Å². The molecular formula is C24H39N3O4. The molecule has 1 aliphatic heterocycles. The number of carbonyl (C=O) groups excluding carboxylic acids is 1. The molecule has 0 bridgehead atoms. The first-order chi connectivity index (χ1) is 15.0. The molecular weight excluding hydrogens is 394 g/mol. The minimum Gasteiger partial charge on any atom is -0.465 e. The Morgan fingerprint density at radius 3 is 2.35 bits per heavy atom. The second-order valence-corrected chi connectivity index (χ2v) is 8.15. The van der Waals surface area contributed by atoms with Gasteiger partial charge < -0.3 is 14.9 Å². The molecule has 1 unspecified atom stereocenters. The molecule has 1 aliphatic rings. The quantitative estimate of drug-likeness (QED) is 0.0896. The van der Waals surface area contributed by atoms with Gasteiger partial charge in [-0.05, 0) is 48.4 Å². The van der Waals surface area contributed by atoms with Crippen molar-refractivity contribution in [2.75, 3.05) is 6.61 Å². The number of nitrogens with zero attached hydrogens (tertiary/aromatic N) is 3. The molecule has 0 N–H and O–H groups in total. The molecule has 1 atom stereocenters. The Hall–Kier alpha value is -2.31. The maximum atomic E-state index is 11.8. The highest BCUT2D eigenvalue weighted by Gasteiger charge is 2.35. The number of unbranched alkanes of at least 4 members (excludes halogenated alkanes) is 8. The summed E-state index contributed by atoms with van der Waals surface area (Å²) in [4.78, 5) is 29.9. The fourth-order valence-corrected chi connectivity index (χ4v) is 3.22. The van der Waals surface area contributed by atoms with Gasteiger partial charge in [-0.15, -0.1) is 0 Å². The van der Waals surface area contributed by atoms with Crippen molar-refractivity contribution in [3.8, 4) is 0 Å². The van der Waals surface area contributed by atoms with Crippen LogP contribution in [0.15, 0.2) is 34.3 Å². The number of hydrogen-bond acceptors (Lipinski definition) is 6. The molecule has 0 saturated heterocycles. The van der Waals surface area contributed by atoms with E-state index in [1.807, 2.05) is 0 Å². The lowest BCUT2D eigenvalue weighted by Gasteiger charge is -2.11. The molecule has 7 heteroatoms. The first kappa shape index (κ1) is 26.7. The summed E-state index contributed by atoms with van der Waals surface area (Å²) in [5.74, 6) is -0.478. The van der Waals surface area contributed by atoms with E-state index in [9.17, 15) is 14.9 Å². The highest BCUT2D eigenvalue weighted by Crippen LogP contribution is 2.21. The molecule has 0 spiro atoms. The van der Waals surface area contributed by atoms with Crippen LogP contribution in [0.3, 0.4) is 0 Å². The topological polar surface area (TPSA) is 94.2 Å². The highest BCUT2D eigenvalue weighted by atomic mass is 16.6. The molecule has 0 fully saturated rings. The van der Waals surface area contributed by atoms with Crippen molar-refractivity contribution in [3.05, 3.63) is 34.4 Å². The molecule has 0 aromatic heterocycles. The number of hydrogen-bond donors (Lipinski definition) is 0. The van der Waals surface area contributed by atoms with Crippen molar-refractivity contribution in [2.24, 2.45) is 9.98 Å². The lowest BCUT2D eigenvalue weighted by Crippen LogP contribution is -2.21. The van der Waals surface area contributed by atoms with E-state index in [4.69, 9.17) is 4.74 Å². The Morgan fingerprint density at radius 1 is 1.06 bits per heavy atom. The molecule has 7 nitrogen and oxygen atoms in total. The van der Waals surface area contributed by atoms with Crippen LogP contribution in [0.2, 0.25) is 0 Å². The van der Waals surface area contributed by atoms with Gasteiger partial charge in [-0.2, -0.15) is 0 Å². The summed E-state index contributed by atoms with van der Waals surface area (Å²) >= 11 is 0. The van der Waals surface area contributed by atoms with E-state index in [0.717, 1.165) is 38.3 Å². The normalized spacial score (nSPS) is 18.2. The Balaban J connectivity index is 1.93. The third-order valence-corrected chi connectivity index (χ3v) is 5.17. The predicted octanol–water partition coefficient (Wildman–Crippen LogP) is 6.21. The number of rotatable bonds is 17. The zero-order chi connectivity index (χ0) is 22.8. The average Bonchev–Trinajstić information content (AvgIpc) is 3.13. The zero-order valence-corrected chi connectivity index (χ0v) is 19.3. The number of ether oxygens (including phenoxy) is 1. The molecule has 0 saturated carbocycles. The van der Waals surface area contributed by atoms with Crippen molar-refractivity contribution in [1.82, 2.24) is 0 Å². The van der Waals surface area contributed by atoms with Gasteiger partial charge in [0.25, 0.3) is 0 Å². The second-order valence-electron chi connectivity index (χ2n) is 8.15. The van der Waals surface area contributed by atoms with E-state index in [2.05, 4.69) is 41.2 Å². The monoisotopic (exact) mass is 433 g/mol. The molecule has 0 aromatic carbocycles. The standard InChI is InChI=1S/C24H39N3O4/c1-3-4-5-6-7-8-9-10-11-12-13-14-15-16-17-18-23(28)31-20-19-24(2)25-21-22(26-24)27(29)30/h7-8,10-11,21H,3-6,9,12-20H2,1-2H3. The molecule has 0 amide bonds. The van der Waals surface area contributed by atoms with Crippen molar-refractivity contribution in [3.63, 3.8) is 0 Å². The van der Waals surface area contributed by atoms with Crippen LogP contribution in [-0.2, 0) is 9.53 Å². The van der Waals surface area contributed by atoms with Crippen molar-refractivity contribution >= 4 is 18.0 Å². The third-order valence-electron chi connectivity index (χ3n) is 5.17. The van der Waals surface area contributed by atoms with Crippen molar-refractivity contribution < 1.29 is 14.5 Å². The Labute approximate surface area is 186 Å². The van der Waals surface area contributed by atoms with Gasteiger partial charge in [0.05, 0.1) is 13.0 Å². The highest BCUT2D eigenvalue weighted by molar-refractivity contribution is 6.26. The number of allylic oxidation sites excluding steroid dienone is 4. The number of carbonyl (C=O) groups is 1. The van der Waals surface area contributed by atoms with E-state index >= 15 is 0 Å². The molecule has 1 rings (SSSR count). The van der Waals surface area contributed by atoms with Crippen LogP contribution in [0.5, 0.6) is 0 Å². The van der Waals surface area contributed by atoms with Crippen LogP contribution >= 0.6 is 0 Å². The Morgan fingerprint density at radius 2 is 1.71 bits per heavy atom. The number of aliphatic imine (C=N–C) groups is 2. The number of nitro groups is 1. The summed E-state index contributed by atoms with van der Waals surface area (Å²) in [6.45, 7) is 4.08. The molecule has 31 heavy (non-hydrogen) atoms. The van der Waals surface area contributed by atoms with E-state index in [0.29, 0.717) is 12.8 Å². The second kappa shape index (κ2) is 16.4. The zero-order valence-electron chi connectivity index (χ0n) is 19.3. The van der Waals surface area contributed by atoms with Crippen LogP contribution in [0.1, 0.15) is 97.3 Å². The molecule has 0 aromatic rings. The van der Waals surface area contributed by atoms with Gasteiger partial charge in [0.15, 0.2) is 0 Å². The smallest absolute Gasteiger partial charge is 0.378 e. The Bertz CT molecular complexity index is 655. The Kier molecular flexibility index (Phi) is 14.1. The van der Waals surface area contributed by atoms with Crippen molar-refractivity contribution in [2.45, 2.75) is 103 Å². The summed E-state index contributed by atoms with van der Waals surface area (Å²) in [5, 5.41) is 10.7. The van der Waals surface area contributed by atoms with Crippen LogP contribution < -0.4 is 0 Å². The van der Waals surface area contributed by atoms with Gasteiger partial charge in [-0.1, -0.05) is 63.3 Å². The number of amidine groups is 1. The van der Waals surface area contributed by atoms with Crippen LogP contribution in [-0.4, -0.2) is 35.2 Å². The summed E-state index contributed by atoms with van der Waals surface area (Å²) in [5.41, 5.74) is -0.901. The van der Waals surface area contributed by atoms with Gasteiger partial charge in [0.1, 0.15) is 6.21 Å². The van der Waals surface area contributed by atoms with E-state index < -0.39 is 10.6 Å². The third kappa shape index (κ3) is 13.6. The van der Waals surface area contributed by atoms with Gasteiger partial charge in [-0.3, -0.25) is 4.79 Å². The molecule has 1 heterocycles. The molecule has 0 aliphatic carbocycles. The fourth-order valence-electron chi connectivity index (χ4n) is 3.22. The minimum atomic E-state index is -0.901. The lowest BCUT2D eigenvalue weighted by molar-refractivity contribution is -0.345. The van der Waals surface area contributed by atoms with E-state index in [1.165, 1.54) is 38.5 Å². The van der Waals surface area contributed by atoms with Crippen LogP contribution in [0.25, 0.3) is 0 Å². The summed E-state index contributed by atoms with van der Waals surface area (Å²) in [6, 6.07) is 0. The summed E-state index contributed by atoms with van der Waals surface area (Å²) < 4.78 is 5.22. The summed E-state index contributed by atoms with van der Waals surface area (Å²) in [7, 11) is 0. The maximum absolute atomic E-state index is 11.8. The van der Waals surface area contributed by atoms with Gasteiger partial charge in [0.2, 0.25) is 5.66 Å². The van der Waals surface area contributed by atoms with Crippen molar-refractivity contribution in [1.29, 1.82) is 0 Å². The maximum Gasteiger partial charge on any atom is 0.378 e. The lowest BCUT2D eigenvalue weighted by atomic mass is 10.1. The first-order valence-corrected chi connectivity index (χ1v) is 11.7. The average molecular weight is 434 g/mol. The SMILES string of the molecule is CCCCCC=CCC=CCCCCCCCC(=O)OCCC1(C)N=CC([N+](=O)[O-])=N1. The predicted molar refractivity (Wildman–Crippen MR) is 126 cm³/mol. The van der Waals surface area contributed by atoms with E-state index in [1.54, 1.807) is 6.92 Å². The molecule has 0 radical (unpaired) electrons. The van der Waals surface area contributed by atoms with Gasteiger partial charge in [0, 0.05) is 13.3 Å². The van der Waals surface area contributed by atoms with Gasteiger partial charge in [-0.25, -0.2) is 4.99 Å². The van der Waals surface area contributed by atoms with Gasteiger partial charge >= 0.3 is 11.8 Å². The minimum absolute atomic E-state index is 0.168. The molecule has 174 valence electrons. The first-order valence-electron chi connectivity index (χ1n) is 11.7.